The van der Waals surface area contributed by atoms with E-state index >= 15 is 0 Å². The Bertz CT molecular complexity index is 1380. The lowest BCUT2D eigenvalue weighted by molar-refractivity contribution is 0.0722. The molecular weight excluding hydrogens is 421 g/mol. The van der Waals surface area contributed by atoms with Crippen molar-refractivity contribution in [1.82, 2.24) is 19.7 Å². The van der Waals surface area contributed by atoms with Crippen molar-refractivity contribution in [3.63, 3.8) is 0 Å². The number of aromatic nitrogens is 4. The number of benzene rings is 3. The van der Waals surface area contributed by atoms with Crippen LogP contribution in [-0.4, -0.2) is 19.7 Å². The Labute approximate surface area is 179 Å². The lowest BCUT2D eigenvalue weighted by atomic mass is 10.1. The highest BCUT2D eigenvalue weighted by molar-refractivity contribution is 7.98. The molecular formula is C23H15F3N4S. The van der Waals surface area contributed by atoms with Crippen molar-refractivity contribution in [2.24, 2.45) is 0 Å². The molecule has 0 spiro atoms. The van der Waals surface area contributed by atoms with Crippen LogP contribution in [0.3, 0.4) is 0 Å². The third kappa shape index (κ3) is 3.63. The van der Waals surface area contributed by atoms with Crippen LogP contribution in [0.1, 0.15) is 12.4 Å². The molecule has 0 bridgehead atoms. The van der Waals surface area contributed by atoms with Gasteiger partial charge in [-0.3, -0.25) is 4.57 Å². The Morgan fingerprint density at radius 3 is 2.32 bits per heavy atom. The molecule has 2 aromatic heterocycles. The molecule has 0 aliphatic rings. The molecule has 5 rings (SSSR count). The largest absolute Gasteiger partial charge is 0.320 e. The van der Waals surface area contributed by atoms with Gasteiger partial charge in [0.1, 0.15) is 22.4 Å². The smallest absolute Gasteiger partial charge is 0.269 e. The molecule has 0 aliphatic carbocycles. The summed E-state index contributed by atoms with van der Waals surface area (Å²) in [5.41, 5.74) is 2.32. The Morgan fingerprint density at radius 1 is 0.839 bits per heavy atom. The molecule has 31 heavy (non-hydrogen) atoms. The number of rotatable bonds is 5. The van der Waals surface area contributed by atoms with Gasteiger partial charge in [-0.05, 0) is 36.4 Å². The van der Waals surface area contributed by atoms with E-state index in [1.165, 1.54) is 23.9 Å². The number of thioether (sulfide) groups is 1. The van der Waals surface area contributed by atoms with E-state index in [2.05, 4.69) is 15.2 Å². The van der Waals surface area contributed by atoms with Crippen molar-refractivity contribution >= 4 is 33.6 Å². The van der Waals surface area contributed by atoms with Crippen LogP contribution in [0.2, 0.25) is 0 Å². The van der Waals surface area contributed by atoms with Crippen molar-refractivity contribution < 1.29 is 13.2 Å². The Morgan fingerprint density at radius 2 is 1.55 bits per heavy atom. The second-order valence-corrected chi connectivity index (χ2v) is 7.82. The predicted octanol–water partition coefficient (Wildman–Crippen LogP) is 6.47. The molecule has 0 N–H and O–H groups in total. The van der Waals surface area contributed by atoms with Gasteiger partial charge in [0.25, 0.3) is 0 Å². The van der Waals surface area contributed by atoms with Crippen molar-refractivity contribution in [3.05, 3.63) is 84.4 Å². The van der Waals surface area contributed by atoms with Crippen LogP contribution in [-0.2, 0) is 5.75 Å². The fourth-order valence-electron chi connectivity index (χ4n) is 3.55. The summed E-state index contributed by atoms with van der Waals surface area (Å²) in [5, 5.41) is 11.0. The Kier molecular flexibility index (Phi) is 5.07. The summed E-state index contributed by atoms with van der Waals surface area (Å²) >= 11 is 1.31. The Hall–Kier alpha value is -3.39. The fraction of sp³-hybridized carbons (Fsp3) is 0.0870. The zero-order chi connectivity index (χ0) is 21.4. The van der Waals surface area contributed by atoms with Gasteiger partial charge in [0.05, 0.1) is 16.8 Å². The van der Waals surface area contributed by atoms with Crippen LogP contribution >= 0.6 is 11.8 Å². The Balaban J connectivity index is 1.53. The highest BCUT2D eigenvalue weighted by Crippen LogP contribution is 2.34. The first-order valence-corrected chi connectivity index (χ1v) is 10.5. The summed E-state index contributed by atoms with van der Waals surface area (Å²) in [6.45, 7) is -2.69. The third-order valence-corrected chi connectivity index (χ3v) is 5.95. The highest BCUT2D eigenvalue weighted by atomic mass is 32.2. The van der Waals surface area contributed by atoms with E-state index in [0.717, 1.165) is 20.9 Å². The monoisotopic (exact) mass is 436 g/mol. The van der Waals surface area contributed by atoms with E-state index in [4.69, 9.17) is 0 Å². The van der Waals surface area contributed by atoms with Crippen LogP contribution in [0.15, 0.2) is 77.8 Å². The molecule has 154 valence electrons. The molecule has 0 unspecified atom stereocenters. The van der Waals surface area contributed by atoms with Crippen molar-refractivity contribution in [2.45, 2.75) is 17.3 Å². The van der Waals surface area contributed by atoms with Crippen LogP contribution < -0.4 is 0 Å². The number of halogens is 3. The van der Waals surface area contributed by atoms with Crippen molar-refractivity contribution in [3.8, 4) is 11.3 Å². The molecule has 5 aromatic rings. The van der Waals surface area contributed by atoms with Gasteiger partial charge in [0.15, 0.2) is 0 Å². The molecule has 8 heteroatoms. The van der Waals surface area contributed by atoms with Gasteiger partial charge in [-0.1, -0.05) is 48.2 Å². The fourth-order valence-corrected chi connectivity index (χ4v) is 4.46. The van der Waals surface area contributed by atoms with Gasteiger partial charge in [-0.15, -0.1) is 10.2 Å². The van der Waals surface area contributed by atoms with E-state index in [9.17, 15) is 13.2 Å². The summed E-state index contributed by atoms with van der Waals surface area (Å²) in [6.07, 6.45) is 0. The van der Waals surface area contributed by atoms with E-state index < -0.39 is 6.55 Å². The van der Waals surface area contributed by atoms with Gasteiger partial charge in [0.2, 0.25) is 0 Å². The quantitative estimate of drug-likeness (QED) is 0.296. The summed E-state index contributed by atoms with van der Waals surface area (Å²) in [5.74, 6) is 0.165. The second kappa shape index (κ2) is 8.03. The molecule has 3 aromatic carbocycles. The first kappa shape index (κ1) is 19.6. The number of para-hydroxylation sites is 2. The summed E-state index contributed by atoms with van der Waals surface area (Å²) in [7, 11) is 0. The number of alkyl halides is 2. The van der Waals surface area contributed by atoms with Gasteiger partial charge < -0.3 is 0 Å². The van der Waals surface area contributed by atoms with E-state index in [1.807, 2.05) is 24.3 Å². The normalized spacial score (nSPS) is 11.6. The number of hydrogen-bond acceptors (Lipinski definition) is 4. The van der Waals surface area contributed by atoms with E-state index in [-0.39, 0.29) is 17.4 Å². The van der Waals surface area contributed by atoms with Crippen LogP contribution in [0, 0.1) is 5.82 Å². The summed E-state index contributed by atoms with van der Waals surface area (Å²) < 4.78 is 41.7. The number of hydrogen-bond donors (Lipinski definition) is 0. The molecule has 0 fully saturated rings. The lowest BCUT2D eigenvalue weighted by Gasteiger charge is -2.10. The van der Waals surface area contributed by atoms with Crippen molar-refractivity contribution in [1.29, 1.82) is 0 Å². The topological polar surface area (TPSA) is 43.6 Å². The highest BCUT2D eigenvalue weighted by Gasteiger charge is 2.19. The SMILES string of the molecule is Fc1ccc(-c2nnc(SCc3nc4ccccc4n3C(F)F)c3ccccc23)cc1. The summed E-state index contributed by atoms with van der Waals surface area (Å²) in [6, 6.07) is 20.5. The van der Waals surface area contributed by atoms with Crippen LogP contribution in [0.4, 0.5) is 13.2 Å². The molecule has 0 aliphatic heterocycles. The molecule has 2 heterocycles. The summed E-state index contributed by atoms with van der Waals surface area (Å²) in [4.78, 5) is 4.38. The maximum Gasteiger partial charge on any atom is 0.320 e. The lowest BCUT2D eigenvalue weighted by Crippen LogP contribution is -2.03. The first-order chi connectivity index (χ1) is 15.1. The van der Waals surface area contributed by atoms with Gasteiger partial charge >= 0.3 is 6.55 Å². The average Bonchev–Trinajstić information content (AvgIpc) is 3.17. The molecule has 0 radical (unpaired) electrons. The maximum atomic E-state index is 13.7. The second-order valence-electron chi connectivity index (χ2n) is 6.86. The maximum absolute atomic E-state index is 13.7. The number of nitrogens with zero attached hydrogens (tertiary/aromatic N) is 4. The molecule has 4 nitrogen and oxygen atoms in total. The number of imidazole rings is 1. The molecule has 0 amide bonds. The first-order valence-electron chi connectivity index (χ1n) is 9.50. The average molecular weight is 436 g/mol. The zero-order valence-electron chi connectivity index (χ0n) is 16.0. The van der Waals surface area contributed by atoms with E-state index in [0.29, 0.717) is 21.8 Å². The molecule has 0 saturated heterocycles. The minimum atomic E-state index is -2.69. The standard InChI is InChI=1S/C23H15F3N4S/c24-15-11-9-14(10-12-15)21-16-5-1-2-6-17(16)22(29-28-21)31-13-20-27-18-7-3-4-8-19(18)30(20)23(25)26/h1-12,23H,13H2. The van der Waals surface area contributed by atoms with Crippen molar-refractivity contribution in [2.75, 3.05) is 0 Å². The zero-order valence-corrected chi connectivity index (χ0v) is 16.9. The molecule has 0 saturated carbocycles. The van der Waals surface area contributed by atoms with Gasteiger partial charge in [0, 0.05) is 16.3 Å². The van der Waals surface area contributed by atoms with Gasteiger partial charge in [-0.2, -0.15) is 8.78 Å². The number of fused-ring (bicyclic) bond motifs is 2. The molecule has 0 atom stereocenters. The van der Waals surface area contributed by atoms with Crippen LogP contribution in [0.5, 0.6) is 0 Å². The minimum Gasteiger partial charge on any atom is -0.269 e. The van der Waals surface area contributed by atoms with E-state index in [1.54, 1.807) is 36.4 Å². The third-order valence-electron chi connectivity index (χ3n) is 4.97. The predicted molar refractivity (Wildman–Crippen MR) is 115 cm³/mol. The minimum absolute atomic E-state index is 0.216. The van der Waals surface area contributed by atoms with Crippen LogP contribution in [0.25, 0.3) is 33.1 Å². The van der Waals surface area contributed by atoms with Gasteiger partial charge in [-0.25, -0.2) is 9.37 Å².